The second-order valence-electron chi connectivity index (χ2n) is 4.46. The molecule has 2 heterocycles. The summed E-state index contributed by atoms with van der Waals surface area (Å²) in [6.07, 6.45) is 1.22. The molecule has 1 atom stereocenters. The molecule has 0 bridgehead atoms. The molecule has 1 aliphatic heterocycles. The molecule has 1 saturated heterocycles. The first-order valence-corrected chi connectivity index (χ1v) is 6.73. The van der Waals surface area contributed by atoms with Crippen molar-refractivity contribution in [1.29, 1.82) is 0 Å². The monoisotopic (exact) mass is 240 g/mol. The summed E-state index contributed by atoms with van der Waals surface area (Å²) in [6, 6.07) is 4.94. The zero-order valence-electron chi connectivity index (χ0n) is 9.80. The number of hydrogen-bond acceptors (Lipinski definition) is 4. The highest BCUT2D eigenvalue weighted by Crippen LogP contribution is 2.19. The van der Waals surface area contributed by atoms with E-state index in [9.17, 15) is 0 Å². The predicted molar refractivity (Wildman–Crippen MR) is 67.7 cm³/mol. The number of hydrogen-bond donors (Lipinski definition) is 1. The summed E-state index contributed by atoms with van der Waals surface area (Å²) in [6.45, 7) is 4.45. The van der Waals surface area contributed by atoms with Crippen LogP contribution >= 0.6 is 11.3 Å². The zero-order valence-corrected chi connectivity index (χ0v) is 10.6. The lowest BCUT2D eigenvalue weighted by Gasteiger charge is -2.23. The Morgan fingerprint density at radius 3 is 3.19 bits per heavy atom. The summed E-state index contributed by atoms with van der Waals surface area (Å²) in [4.78, 5) is 6.23. The molecule has 0 radical (unpaired) electrons. The number of likely N-dealkylation sites (N-methyl/N-ethyl adjacent to an activating group) is 1. The van der Waals surface area contributed by atoms with Crippen molar-refractivity contribution in [3.63, 3.8) is 0 Å². The van der Waals surface area contributed by atoms with Gasteiger partial charge in [0.05, 0.1) is 6.61 Å². The zero-order chi connectivity index (χ0) is 11.4. The standard InChI is InChI=1S/C12H20N2OS/c1-13(6-7-15)11-4-5-14(9-11)10-12-3-2-8-16-12/h2-3,8,11,15H,4-7,9-10H2,1H3. The van der Waals surface area contributed by atoms with Gasteiger partial charge >= 0.3 is 0 Å². The summed E-state index contributed by atoms with van der Waals surface area (Å²) in [5, 5.41) is 11.1. The van der Waals surface area contributed by atoms with Crippen molar-refractivity contribution in [2.75, 3.05) is 33.3 Å². The minimum Gasteiger partial charge on any atom is -0.395 e. The molecule has 1 fully saturated rings. The van der Waals surface area contributed by atoms with Crippen LogP contribution in [-0.2, 0) is 6.54 Å². The van der Waals surface area contributed by atoms with Crippen LogP contribution in [0.25, 0.3) is 0 Å². The molecule has 1 aromatic rings. The molecular weight excluding hydrogens is 220 g/mol. The SMILES string of the molecule is CN(CCO)C1CCN(Cc2cccs2)C1. The molecule has 0 aromatic carbocycles. The quantitative estimate of drug-likeness (QED) is 0.839. The van der Waals surface area contributed by atoms with E-state index in [0.29, 0.717) is 6.04 Å². The van der Waals surface area contributed by atoms with Gasteiger partial charge in [0, 0.05) is 37.1 Å². The number of aliphatic hydroxyl groups is 1. The van der Waals surface area contributed by atoms with Crippen molar-refractivity contribution in [1.82, 2.24) is 9.80 Å². The Morgan fingerprint density at radius 1 is 1.62 bits per heavy atom. The fourth-order valence-corrected chi connectivity index (χ4v) is 3.03. The van der Waals surface area contributed by atoms with E-state index in [-0.39, 0.29) is 6.61 Å². The first-order valence-electron chi connectivity index (χ1n) is 5.85. The molecule has 0 spiro atoms. The summed E-state index contributed by atoms with van der Waals surface area (Å²) in [7, 11) is 2.11. The van der Waals surface area contributed by atoms with Crippen molar-refractivity contribution >= 4 is 11.3 Å². The van der Waals surface area contributed by atoms with E-state index in [2.05, 4.69) is 34.4 Å². The maximum absolute atomic E-state index is 8.92. The van der Waals surface area contributed by atoms with Gasteiger partial charge in [-0.3, -0.25) is 9.80 Å². The van der Waals surface area contributed by atoms with Crippen molar-refractivity contribution in [3.05, 3.63) is 22.4 Å². The molecule has 4 heteroatoms. The summed E-state index contributed by atoms with van der Waals surface area (Å²) in [5.41, 5.74) is 0. The van der Waals surface area contributed by atoms with Gasteiger partial charge in [0.15, 0.2) is 0 Å². The molecule has 1 aromatic heterocycles. The predicted octanol–water partition coefficient (Wildman–Crippen LogP) is 1.25. The Balaban J connectivity index is 1.79. The third-order valence-corrected chi connectivity index (χ3v) is 4.14. The van der Waals surface area contributed by atoms with E-state index in [0.717, 1.165) is 19.6 Å². The lowest BCUT2D eigenvalue weighted by Crippen LogP contribution is -2.36. The van der Waals surface area contributed by atoms with E-state index in [4.69, 9.17) is 5.11 Å². The molecule has 1 unspecified atom stereocenters. The topological polar surface area (TPSA) is 26.7 Å². The minimum atomic E-state index is 0.262. The number of thiophene rings is 1. The van der Waals surface area contributed by atoms with Gasteiger partial charge in [-0.05, 0) is 24.9 Å². The van der Waals surface area contributed by atoms with Crippen LogP contribution in [0, 0.1) is 0 Å². The maximum Gasteiger partial charge on any atom is 0.0558 e. The number of aliphatic hydroxyl groups excluding tert-OH is 1. The van der Waals surface area contributed by atoms with E-state index < -0.39 is 0 Å². The van der Waals surface area contributed by atoms with Crippen molar-refractivity contribution in [2.45, 2.75) is 19.0 Å². The first-order chi connectivity index (χ1) is 7.79. The van der Waals surface area contributed by atoms with Crippen LogP contribution in [0.2, 0.25) is 0 Å². The van der Waals surface area contributed by atoms with Crippen molar-refractivity contribution < 1.29 is 5.11 Å². The van der Waals surface area contributed by atoms with Crippen LogP contribution in [0.4, 0.5) is 0 Å². The van der Waals surface area contributed by atoms with Crippen LogP contribution in [0.15, 0.2) is 17.5 Å². The van der Waals surface area contributed by atoms with E-state index in [1.807, 2.05) is 11.3 Å². The lowest BCUT2D eigenvalue weighted by molar-refractivity contribution is 0.177. The van der Waals surface area contributed by atoms with E-state index >= 15 is 0 Å². The average molecular weight is 240 g/mol. The third-order valence-electron chi connectivity index (χ3n) is 3.28. The minimum absolute atomic E-state index is 0.262. The van der Waals surface area contributed by atoms with Gasteiger partial charge in [0.25, 0.3) is 0 Å². The Hall–Kier alpha value is -0.420. The van der Waals surface area contributed by atoms with Gasteiger partial charge in [-0.1, -0.05) is 6.07 Å². The molecule has 0 saturated carbocycles. The highest BCUT2D eigenvalue weighted by Gasteiger charge is 2.25. The Morgan fingerprint density at radius 2 is 2.50 bits per heavy atom. The smallest absolute Gasteiger partial charge is 0.0558 e. The maximum atomic E-state index is 8.92. The first kappa shape index (κ1) is 12.0. The fourth-order valence-electron chi connectivity index (χ4n) is 2.28. The second kappa shape index (κ2) is 5.77. The van der Waals surface area contributed by atoms with Crippen LogP contribution in [-0.4, -0.2) is 54.2 Å². The molecule has 3 nitrogen and oxygen atoms in total. The molecule has 16 heavy (non-hydrogen) atoms. The van der Waals surface area contributed by atoms with Crippen LogP contribution in [0.5, 0.6) is 0 Å². The number of rotatable bonds is 5. The summed E-state index contributed by atoms with van der Waals surface area (Å²) >= 11 is 1.83. The molecule has 90 valence electrons. The molecule has 1 aliphatic rings. The molecule has 2 rings (SSSR count). The molecule has 0 aliphatic carbocycles. The Labute approximate surface area is 101 Å². The van der Waals surface area contributed by atoms with Crippen molar-refractivity contribution in [2.24, 2.45) is 0 Å². The lowest BCUT2D eigenvalue weighted by atomic mass is 10.2. The van der Waals surface area contributed by atoms with E-state index in [1.54, 1.807) is 0 Å². The van der Waals surface area contributed by atoms with Gasteiger partial charge in [-0.2, -0.15) is 0 Å². The molecule has 1 N–H and O–H groups in total. The second-order valence-corrected chi connectivity index (χ2v) is 5.49. The van der Waals surface area contributed by atoms with Gasteiger partial charge in [0.1, 0.15) is 0 Å². The highest BCUT2D eigenvalue weighted by molar-refractivity contribution is 7.09. The molecule has 0 amide bonds. The van der Waals surface area contributed by atoms with Crippen LogP contribution in [0.1, 0.15) is 11.3 Å². The normalized spacial score (nSPS) is 22.1. The van der Waals surface area contributed by atoms with Crippen LogP contribution < -0.4 is 0 Å². The van der Waals surface area contributed by atoms with Crippen molar-refractivity contribution in [3.8, 4) is 0 Å². The van der Waals surface area contributed by atoms with E-state index in [1.165, 1.54) is 17.8 Å². The third kappa shape index (κ3) is 3.04. The van der Waals surface area contributed by atoms with Crippen LogP contribution in [0.3, 0.4) is 0 Å². The highest BCUT2D eigenvalue weighted by atomic mass is 32.1. The van der Waals surface area contributed by atoms with Gasteiger partial charge in [-0.25, -0.2) is 0 Å². The van der Waals surface area contributed by atoms with Gasteiger partial charge in [0.2, 0.25) is 0 Å². The summed E-state index contributed by atoms with van der Waals surface area (Å²) < 4.78 is 0. The largest absolute Gasteiger partial charge is 0.395 e. The van der Waals surface area contributed by atoms with Gasteiger partial charge in [-0.15, -0.1) is 11.3 Å². The fraction of sp³-hybridized carbons (Fsp3) is 0.667. The summed E-state index contributed by atoms with van der Waals surface area (Å²) in [5.74, 6) is 0. The average Bonchev–Trinajstić information content (AvgIpc) is 2.90. The number of nitrogens with zero attached hydrogens (tertiary/aromatic N) is 2. The number of likely N-dealkylation sites (tertiary alicyclic amines) is 1. The molecular formula is C12H20N2OS. The Kier molecular flexibility index (Phi) is 4.35. The van der Waals surface area contributed by atoms with Gasteiger partial charge < -0.3 is 5.11 Å². The Bertz CT molecular complexity index is 302.